The Balaban J connectivity index is 2.29. The zero-order valence-electron chi connectivity index (χ0n) is 11.2. The standard InChI is InChI=1S/C13H18ClN3O2S/c1-2-19-7-3-6-15-13(20)17-16-9-10-8-11(14)4-5-12(10)18/h4-5,8-9,18H,2-3,6-7H2,1H3,(H2,15,17,20)/b16-9+. The van der Waals surface area contributed by atoms with E-state index in [0.717, 1.165) is 13.0 Å². The average Bonchev–Trinajstić information content (AvgIpc) is 2.42. The van der Waals surface area contributed by atoms with Crippen LogP contribution in [0.1, 0.15) is 18.9 Å². The number of hydrazone groups is 1. The number of benzene rings is 1. The lowest BCUT2D eigenvalue weighted by Crippen LogP contribution is -2.33. The Morgan fingerprint density at radius 3 is 3.10 bits per heavy atom. The van der Waals surface area contributed by atoms with Gasteiger partial charge in [0.15, 0.2) is 5.11 Å². The van der Waals surface area contributed by atoms with Crippen LogP contribution >= 0.6 is 23.8 Å². The Bertz CT molecular complexity index is 469. The van der Waals surface area contributed by atoms with Crippen LogP contribution in [0, 0.1) is 0 Å². The summed E-state index contributed by atoms with van der Waals surface area (Å²) >= 11 is 10.9. The van der Waals surface area contributed by atoms with Gasteiger partial charge in [0.05, 0.1) is 6.21 Å². The fraction of sp³-hybridized carbons (Fsp3) is 0.385. The highest BCUT2D eigenvalue weighted by atomic mass is 35.5. The Morgan fingerprint density at radius 1 is 1.55 bits per heavy atom. The highest BCUT2D eigenvalue weighted by Crippen LogP contribution is 2.19. The molecule has 0 saturated heterocycles. The van der Waals surface area contributed by atoms with E-state index in [9.17, 15) is 5.11 Å². The van der Waals surface area contributed by atoms with Gasteiger partial charge in [0, 0.05) is 30.3 Å². The molecule has 7 heteroatoms. The van der Waals surface area contributed by atoms with E-state index in [1.807, 2.05) is 6.92 Å². The highest BCUT2D eigenvalue weighted by Gasteiger charge is 1.99. The van der Waals surface area contributed by atoms with Gasteiger partial charge in [-0.1, -0.05) is 11.6 Å². The van der Waals surface area contributed by atoms with Crippen LogP contribution < -0.4 is 10.7 Å². The van der Waals surface area contributed by atoms with Gasteiger partial charge < -0.3 is 15.2 Å². The van der Waals surface area contributed by atoms with Crippen LogP contribution in [0.4, 0.5) is 0 Å². The molecule has 1 aromatic rings. The maximum absolute atomic E-state index is 9.58. The van der Waals surface area contributed by atoms with Crippen LogP contribution in [0.2, 0.25) is 5.02 Å². The molecule has 0 heterocycles. The van der Waals surface area contributed by atoms with Gasteiger partial charge in [-0.05, 0) is 43.8 Å². The van der Waals surface area contributed by atoms with E-state index in [4.69, 9.17) is 28.6 Å². The number of thiocarbonyl (C=S) groups is 1. The Hall–Kier alpha value is -1.37. The maximum Gasteiger partial charge on any atom is 0.186 e. The number of rotatable bonds is 7. The first kappa shape index (κ1) is 16.7. The molecule has 5 nitrogen and oxygen atoms in total. The second-order valence-corrected chi connectivity index (χ2v) is 4.72. The van der Waals surface area contributed by atoms with Crippen LogP contribution in [0.15, 0.2) is 23.3 Å². The molecule has 0 saturated carbocycles. The topological polar surface area (TPSA) is 65.9 Å². The summed E-state index contributed by atoms with van der Waals surface area (Å²) < 4.78 is 5.21. The quantitative estimate of drug-likeness (QED) is 0.312. The minimum absolute atomic E-state index is 0.107. The number of nitrogens with zero attached hydrogens (tertiary/aromatic N) is 1. The van der Waals surface area contributed by atoms with Crippen molar-refractivity contribution in [3.05, 3.63) is 28.8 Å². The van der Waals surface area contributed by atoms with Gasteiger partial charge in [-0.15, -0.1) is 0 Å². The largest absolute Gasteiger partial charge is 0.507 e. The Morgan fingerprint density at radius 2 is 2.35 bits per heavy atom. The lowest BCUT2D eigenvalue weighted by molar-refractivity contribution is 0.145. The van der Waals surface area contributed by atoms with E-state index in [1.54, 1.807) is 12.1 Å². The van der Waals surface area contributed by atoms with Gasteiger partial charge in [0.1, 0.15) is 5.75 Å². The van der Waals surface area contributed by atoms with Crippen molar-refractivity contribution in [3.63, 3.8) is 0 Å². The zero-order valence-corrected chi connectivity index (χ0v) is 12.8. The fourth-order valence-corrected chi connectivity index (χ4v) is 1.68. The van der Waals surface area contributed by atoms with Crippen molar-refractivity contribution in [2.45, 2.75) is 13.3 Å². The first-order valence-corrected chi connectivity index (χ1v) is 7.05. The van der Waals surface area contributed by atoms with Crippen LogP contribution in [0.5, 0.6) is 5.75 Å². The maximum atomic E-state index is 9.58. The summed E-state index contributed by atoms with van der Waals surface area (Å²) in [4.78, 5) is 0. The van der Waals surface area contributed by atoms with Gasteiger partial charge in [-0.3, -0.25) is 5.43 Å². The van der Waals surface area contributed by atoms with Gasteiger partial charge in [-0.25, -0.2) is 0 Å². The van der Waals surface area contributed by atoms with Crippen molar-refractivity contribution >= 4 is 35.1 Å². The molecular weight excluding hydrogens is 298 g/mol. The normalized spacial score (nSPS) is 10.7. The molecule has 0 radical (unpaired) electrons. The minimum atomic E-state index is 0.107. The summed E-state index contributed by atoms with van der Waals surface area (Å²) in [6.45, 7) is 4.09. The molecule has 0 fully saturated rings. The molecule has 0 spiro atoms. The first-order chi connectivity index (χ1) is 9.63. The summed E-state index contributed by atoms with van der Waals surface area (Å²) in [6.07, 6.45) is 2.32. The van der Waals surface area contributed by atoms with E-state index in [0.29, 0.717) is 28.9 Å². The van der Waals surface area contributed by atoms with Crippen molar-refractivity contribution in [2.24, 2.45) is 5.10 Å². The molecule has 3 N–H and O–H groups in total. The molecule has 0 aromatic heterocycles. The lowest BCUT2D eigenvalue weighted by atomic mass is 10.2. The van der Waals surface area contributed by atoms with Crippen LogP contribution in [0.3, 0.4) is 0 Å². The van der Waals surface area contributed by atoms with Gasteiger partial charge in [-0.2, -0.15) is 5.10 Å². The molecule has 0 amide bonds. The number of halogens is 1. The van der Waals surface area contributed by atoms with Crippen molar-refractivity contribution in [2.75, 3.05) is 19.8 Å². The summed E-state index contributed by atoms with van der Waals surface area (Å²) in [5, 5.41) is 17.5. The third-order valence-electron chi connectivity index (χ3n) is 2.31. The Kier molecular flexibility index (Phi) is 7.94. The van der Waals surface area contributed by atoms with E-state index < -0.39 is 0 Å². The number of nitrogens with one attached hydrogen (secondary N) is 2. The van der Waals surface area contributed by atoms with Crippen LogP contribution in [0.25, 0.3) is 0 Å². The van der Waals surface area contributed by atoms with Crippen LogP contribution in [-0.4, -0.2) is 36.2 Å². The number of aromatic hydroxyl groups is 1. The predicted molar refractivity (Wildman–Crippen MR) is 85.6 cm³/mol. The average molecular weight is 316 g/mol. The molecule has 20 heavy (non-hydrogen) atoms. The van der Waals surface area contributed by atoms with Gasteiger partial charge >= 0.3 is 0 Å². The second kappa shape index (κ2) is 9.52. The van der Waals surface area contributed by atoms with Crippen molar-refractivity contribution in [1.82, 2.24) is 10.7 Å². The van der Waals surface area contributed by atoms with Crippen molar-refractivity contribution in [3.8, 4) is 5.75 Å². The van der Waals surface area contributed by atoms with E-state index >= 15 is 0 Å². The molecule has 1 rings (SSSR count). The molecule has 0 aliphatic rings. The zero-order chi connectivity index (χ0) is 14.8. The number of hydrogen-bond acceptors (Lipinski definition) is 4. The van der Waals surface area contributed by atoms with E-state index in [2.05, 4.69) is 15.8 Å². The number of hydrogen-bond donors (Lipinski definition) is 3. The van der Waals surface area contributed by atoms with Crippen molar-refractivity contribution < 1.29 is 9.84 Å². The SMILES string of the molecule is CCOCCCNC(=S)N/N=C/c1cc(Cl)ccc1O. The van der Waals surface area contributed by atoms with Crippen molar-refractivity contribution in [1.29, 1.82) is 0 Å². The summed E-state index contributed by atoms with van der Waals surface area (Å²) in [5.41, 5.74) is 3.18. The molecular formula is C13H18ClN3O2S. The fourth-order valence-electron chi connectivity index (χ4n) is 1.35. The number of phenols is 1. The van der Waals surface area contributed by atoms with Gasteiger partial charge in [0.2, 0.25) is 0 Å². The lowest BCUT2D eigenvalue weighted by Gasteiger charge is -2.06. The number of phenolic OH excluding ortho intramolecular Hbond substituents is 1. The molecule has 1 aromatic carbocycles. The molecule has 0 unspecified atom stereocenters. The molecule has 0 bridgehead atoms. The first-order valence-electron chi connectivity index (χ1n) is 6.26. The molecule has 110 valence electrons. The van der Waals surface area contributed by atoms with E-state index in [-0.39, 0.29) is 5.75 Å². The highest BCUT2D eigenvalue weighted by molar-refractivity contribution is 7.80. The van der Waals surface area contributed by atoms with Crippen LogP contribution in [-0.2, 0) is 4.74 Å². The summed E-state index contributed by atoms with van der Waals surface area (Å²) in [6, 6.07) is 4.72. The third-order valence-corrected chi connectivity index (χ3v) is 2.79. The third kappa shape index (κ3) is 6.70. The summed E-state index contributed by atoms with van der Waals surface area (Å²) in [7, 11) is 0. The number of ether oxygens (including phenoxy) is 1. The predicted octanol–water partition coefficient (Wildman–Crippen LogP) is 2.27. The second-order valence-electron chi connectivity index (χ2n) is 3.88. The van der Waals surface area contributed by atoms with E-state index in [1.165, 1.54) is 12.3 Å². The molecule has 0 atom stereocenters. The smallest absolute Gasteiger partial charge is 0.186 e. The monoisotopic (exact) mass is 315 g/mol. The van der Waals surface area contributed by atoms with Gasteiger partial charge in [0.25, 0.3) is 0 Å². The Labute approximate surface area is 129 Å². The minimum Gasteiger partial charge on any atom is -0.507 e. The summed E-state index contributed by atoms with van der Waals surface area (Å²) in [5.74, 6) is 0.107. The molecule has 0 aliphatic carbocycles. The molecule has 0 aliphatic heterocycles.